The highest BCUT2D eigenvalue weighted by Gasteiger charge is 2.24. The predicted octanol–water partition coefficient (Wildman–Crippen LogP) is 3.91. The van der Waals surface area contributed by atoms with Crippen LogP contribution in [0, 0.1) is 5.92 Å². The normalized spacial score (nSPS) is 17.6. The van der Waals surface area contributed by atoms with Crippen LogP contribution in [0.4, 0.5) is 0 Å². The molecule has 94 valence electrons. The molecule has 1 aliphatic carbocycles. The Morgan fingerprint density at radius 2 is 2.24 bits per heavy atom. The number of hydrogen-bond acceptors (Lipinski definition) is 2. The monoisotopic (exact) mass is 297 g/mol. The first-order valence-corrected chi connectivity index (χ1v) is 7.04. The van der Waals surface area contributed by atoms with Crippen LogP contribution in [-0.4, -0.2) is 14.2 Å². The van der Waals surface area contributed by atoms with Crippen LogP contribution in [0.25, 0.3) is 0 Å². The van der Waals surface area contributed by atoms with Gasteiger partial charge in [0.1, 0.15) is 5.75 Å². The van der Waals surface area contributed by atoms with Gasteiger partial charge in [-0.1, -0.05) is 35.2 Å². The fourth-order valence-electron chi connectivity index (χ4n) is 2.44. The van der Waals surface area contributed by atoms with Crippen LogP contribution in [0.5, 0.6) is 5.75 Å². The molecule has 0 aromatic heterocycles. The Bertz CT molecular complexity index is 376. The van der Waals surface area contributed by atoms with Crippen molar-refractivity contribution in [2.45, 2.75) is 31.7 Å². The number of halogens is 1. The summed E-state index contributed by atoms with van der Waals surface area (Å²) in [5, 5.41) is 3.42. The van der Waals surface area contributed by atoms with Crippen molar-refractivity contribution in [2.24, 2.45) is 5.92 Å². The maximum Gasteiger partial charge on any atom is 0.123 e. The van der Waals surface area contributed by atoms with E-state index in [9.17, 15) is 0 Å². The summed E-state index contributed by atoms with van der Waals surface area (Å²) in [5.41, 5.74) is 1.26. The van der Waals surface area contributed by atoms with E-state index in [-0.39, 0.29) is 0 Å². The standard InChI is InChI=1S/C14H20BrNO/c1-16-13(8-10-4-3-5-10)12-9-11(15)6-7-14(12)17-2/h6-7,9-10,13,16H,3-5,8H2,1-2H3. The minimum atomic E-state index is 0.396. The van der Waals surface area contributed by atoms with E-state index in [1.807, 2.05) is 19.2 Å². The number of rotatable bonds is 5. The van der Waals surface area contributed by atoms with Crippen LogP contribution < -0.4 is 10.1 Å². The van der Waals surface area contributed by atoms with Crippen molar-refractivity contribution >= 4 is 15.9 Å². The highest BCUT2D eigenvalue weighted by atomic mass is 79.9. The molecule has 0 amide bonds. The molecule has 0 radical (unpaired) electrons. The fraction of sp³-hybridized carbons (Fsp3) is 0.571. The predicted molar refractivity (Wildman–Crippen MR) is 74.5 cm³/mol. The first-order chi connectivity index (χ1) is 8.24. The molecular weight excluding hydrogens is 278 g/mol. The van der Waals surface area contributed by atoms with E-state index in [0.717, 1.165) is 16.1 Å². The third kappa shape index (κ3) is 3.02. The van der Waals surface area contributed by atoms with E-state index in [0.29, 0.717) is 6.04 Å². The van der Waals surface area contributed by atoms with E-state index in [1.54, 1.807) is 7.11 Å². The molecule has 1 fully saturated rings. The van der Waals surface area contributed by atoms with Gasteiger partial charge < -0.3 is 10.1 Å². The number of methoxy groups -OCH3 is 1. The lowest BCUT2D eigenvalue weighted by Crippen LogP contribution is -2.23. The minimum absolute atomic E-state index is 0.396. The summed E-state index contributed by atoms with van der Waals surface area (Å²) >= 11 is 3.54. The van der Waals surface area contributed by atoms with E-state index < -0.39 is 0 Å². The summed E-state index contributed by atoms with van der Waals surface area (Å²) in [6.07, 6.45) is 5.38. The van der Waals surface area contributed by atoms with Crippen LogP contribution in [0.3, 0.4) is 0 Å². The summed E-state index contributed by atoms with van der Waals surface area (Å²) in [5.74, 6) is 1.86. The molecular formula is C14H20BrNO. The number of hydrogen-bond donors (Lipinski definition) is 1. The van der Waals surface area contributed by atoms with Crippen molar-refractivity contribution in [3.8, 4) is 5.75 Å². The second-order valence-electron chi connectivity index (χ2n) is 4.76. The van der Waals surface area contributed by atoms with Gasteiger partial charge in [0.25, 0.3) is 0 Å². The molecule has 1 aliphatic rings. The van der Waals surface area contributed by atoms with E-state index >= 15 is 0 Å². The van der Waals surface area contributed by atoms with Crippen molar-refractivity contribution in [2.75, 3.05) is 14.2 Å². The largest absolute Gasteiger partial charge is 0.496 e. The van der Waals surface area contributed by atoms with Gasteiger partial charge in [-0.05, 0) is 37.6 Å². The average Bonchev–Trinajstić information content (AvgIpc) is 2.28. The van der Waals surface area contributed by atoms with Crippen LogP contribution >= 0.6 is 15.9 Å². The van der Waals surface area contributed by atoms with Gasteiger partial charge in [-0.15, -0.1) is 0 Å². The smallest absolute Gasteiger partial charge is 0.123 e. The summed E-state index contributed by atoms with van der Waals surface area (Å²) < 4.78 is 6.57. The van der Waals surface area contributed by atoms with Gasteiger partial charge in [-0.3, -0.25) is 0 Å². The highest BCUT2D eigenvalue weighted by Crippen LogP contribution is 2.37. The molecule has 0 bridgehead atoms. The number of nitrogens with one attached hydrogen (secondary N) is 1. The van der Waals surface area contributed by atoms with Crippen molar-refractivity contribution in [3.05, 3.63) is 28.2 Å². The summed E-state index contributed by atoms with van der Waals surface area (Å²) in [6.45, 7) is 0. The van der Waals surface area contributed by atoms with Crippen LogP contribution in [0.2, 0.25) is 0 Å². The number of ether oxygens (including phenoxy) is 1. The van der Waals surface area contributed by atoms with Gasteiger partial charge in [0, 0.05) is 16.1 Å². The Balaban J connectivity index is 2.18. The van der Waals surface area contributed by atoms with Crippen molar-refractivity contribution in [1.82, 2.24) is 5.32 Å². The highest BCUT2D eigenvalue weighted by molar-refractivity contribution is 9.10. The molecule has 2 nitrogen and oxygen atoms in total. The zero-order valence-electron chi connectivity index (χ0n) is 10.5. The fourth-order valence-corrected chi connectivity index (χ4v) is 2.82. The Kier molecular flexibility index (Phi) is 4.46. The lowest BCUT2D eigenvalue weighted by molar-refractivity contribution is 0.263. The van der Waals surface area contributed by atoms with Gasteiger partial charge in [-0.2, -0.15) is 0 Å². The third-order valence-electron chi connectivity index (χ3n) is 3.71. The van der Waals surface area contributed by atoms with Crippen LogP contribution in [-0.2, 0) is 0 Å². The van der Waals surface area contributed by atoms with Gasteiger partial charge in [0.05, 0.1) is 7.11 Å². The van der Waals surface area contributed by atoms with Gasteiger partial charge in [0.15, 0.2) is 0 Å². The van der Waals surface area contributed by atoms with Crippen molar-refractivity contribution in [3.63, 3.8) is 0 Å². The zero-order chi connectivity index (χ0) is 12.3. The maximum absolute atomic E-state index is 5.46. The molecule has 0 spiro atoms. The molecule has 1 aromatic rings. The molecule has 0 saturated heterocycles. The Hall–Kier alpha value is -0.540. The Labute approximate surface area is 112 Å². The Morgan fingerprint density at radius 3 is 2.76 bits per heavy atom. The summed E-state index contributed by atoms with van der Waals surface area (Å²) in [7, 11) is 3.77. The SMILES string of the molecule is CNC(CC1CCC1)c1cc(Br)ccc1OC. The van der Waals surface area contributed by atoms with E-state index in [1.165, 1.54) is 31.2 Å². The van der Waals surface area contributed by atoms with Gasteiger partial charge in [-0.25, -0.2) is 0 Å². The molecule has 17 heavy (non-hydrogen) atoms. The molecule has 2 rings (SSSR count). The zero-order valence-corrected chi connectivity index (χ0v) is 12.1. The van der Waals surface area contributed by atoms with Crippen LogP contribution in [0.15, 0.2) is 22.7 Å². The summed E-state index contributed by atoms with van der Waals surface area (Å²) in [6, 6.07) is 6.62. The lowest BCUT2D eigenvalue weighted by Gasteiger charge is -2.30. The minimum Gasteiger partial charge on any atom is -0.496 e. The van der Waals surface area contributed by atoms with E-state index in [2.05, 4.69) is 27.3 Å². The second-order valence-corrected chi connectivity index (χ2v) is 5.68. The third-order valence-corrected chi connectivity index (χ3v) is 4.20. The summed E-state index contributed by atoms with van der Waals surface area (Å²) in [4.78, 5) is 0. The maximum atomic E-state index is 5.46. The molecule has 0 heterocycles. The topological polar surface area (TPSA) is 21.3 Å². The average molecular weight is 298 g/mol. The first-order valence-electron chi connectivity index (χ1n) is 6.25. The molecule has 1 unspecified atom stereocenters. The van der Waals surface area contributed by atoms with E-state index in [4.69, 9.17) is 4.74 Å². The van der Waals surface area contributed by atoms with Crippen molar-refractivity contribution < 1.29 is 4.74 Å². The Morgan fingerprint density at radius 1 is 1.47 bits per heavy atom. The first kappa shape index (κ1) is 12.9. The number of benzene rings is 1. The molecule has 1 saturated carbocycles. The lowest BCUT2D eigenvalue weighted by atomic mass is 9.79. The molecule has 0 aliphatic heterocycles. The van der Waals surface area contributed by atoms with Crippen LogP contribution in [0.1, 0.15) is 37.3 Å². The molecule has 1 aromatic carbocycles. The van der Waals surface area contributed by atoms with Gasteiger partial charge >= 0.3 is 0 Å². The van der Waals surface area contributed by atoms with Crippen molar-refractivity contribution in [1.29, 1.82) is 0 Å². The van der Waals surface area contributed by atoms with Gasteiger partial charge in [0.2, 0.25) is 0 Å². The second kappa shape index (κ2) is 5.87. The molecule has 1 N–H and O–H groups in total. The molecule has 3 heteroatoms. The molecule has 1 atom stereocenters. The quantitative estimate of drug-likeness (QED) is 0.890.